The molecule has 0 fully saturated rings. The maximum atomic E-state index is 5.01. The standard InChI is InChI=1S/C11H10N4S2/c1-6-3-4-7(2)15(6)11-13-8-5-12-10(16)14-9(8)17-11/h3-5H,1-2H3,(H,12,14,16). The fraction of sp³-hybridized carbons (Fsp3) is 0.182. The molecule has 0 atom stereocenters. The molecule has 3 heterocycles. The van der Waals surface area contributed by atoms with Crippen LogP contribution < -0.4 is 0 Å². The van der Waals surface area contributed by atoms with Gasteiger partial charge in [0, 0.05) is 11.4 Å². The highest BCUT2D eigenvalue weighted by atomic mass is 32.1. The van der Waals surface area contributed by atoms with E-state index in [0.717, 1.165) is 15.5 Å². The van der Waals surface area contributed by atoms with Crippen molar-refractivity contribution in [1.82, 2.24) is 19.5 Å². The predicted molar refractivity (Wildman–Crippen MR) is 71.4 cm³/mol. The first-order valence-corrected chi connectivity index (χ1v) is 6.39. The van der Waals surface area contributed by atoms with E-state index in [2.05, 4.69) is 45.5 Å². The number of thiazole rings is 1. The summed E-state index contributed by atoms with van der Waals surface area (Å²) in [7, 11) is 0. The minimum Gasteiger partial charge on any atom is -0.321 e. The molecule has 6 heteroatoms. The molecule has 86 valence electrons. The summed E-state index contributed by atoms with van der Waals surface area (Å²) in [4.78, 5) is 12.6. The number of rotatable bonds is 1. The first-order valence-electron chi connectivity index (χ1n) is 5.16. The molecule has 0 amide bonds. The molecule has 4 nitrogen and oxygen atoms in total. The largest absolute Gasteiger partial charge is 0.321 e. The molecule has 0 unspecified atom stereocenters. The van der Waals surface area contributed by atoms with Crippen LogP contribution in [0.2, 0.25) is 0 Å². The normalized spacial score (nSPS) is 11.2. The lowest BCUT2D eigenvalue weighted by atomic mass is 10.5. The fourth-order valence-electron chi connectivity index (χ4n) is 1.81. The molecule has 3 aromatic rings. The Kier molecular flexibility index (Phi) is 2.34. The molecule has 0 aliphatic rings. The Balaban J connectivity index is 2.28. The number of hydrogen-bond donors (Lipinski definition) is 1. The Morgan fingerprint density at radius 2 is 2.00 bits per heavy atom. The predicted octanol–water partition coefficient (Wildman–Crippen LogP) is 3.16. The van der Waals surface area contributed by atoms with Crippen LogP contribution in [0.15, 0.2) is 18.3 Å². The number of H-pyrrole nitrogens is 1. The van der Waals surface area contributed by atoms with Gasteiger partial charge in [-0.05, 0) is 38.2 Å². The summed E-state index contributed by atoms with van der Waals surface area (Å²) in [6.07, 6.45) is 1.71. The third-order valence-corrected chi connectivity index (χ3v) is 3.81. The second kappa shape index (κ2) is 3.75. The lowest BCUT2D eigenvalue weighted by Gasteiger charge is -2.03. The highest BCUT2D eigenvalue weighted by Crippen LogP contribution is 2.25. The molecule has 3 aromatic heterocycles. The zero-order valence-corrected chi connectivity index (χ0v) is 11.0. The Morgan fingerprint density at radius 3 is 2.71 bits per heavy atom. The summed E-state index contributed by atoms with van der Waals surface area (Å²) in [6.45, 7) is 4.14. The van der Waals surface area contributed by atoms with Gasteiger partial charge >= 0.3 is 0 Å². The maximum absolute atomic E-state index is 5.01. The van der Waals surface area contributed by atoms with Gasteiger partial charge in [-0.1, -0.05) is 11.3 Å². The van der Waals surface area contributed by atoms with Gasteiger partial charge in [-0.15, -0.1) is 0 Å². The first kappa shape index (κ1) is 10.6. The van der Waals surface area contributed by atoms with E-state index in [0.29, 0.717) is 4.77 Å². The summed E-state index contributed by atoms with van der Waals surface area (Å²) >= 11 is 6.59. The van der Waals surface area contributed by atoms with Crippen molar-refractivity contribution in [2.24, 2.45) is 0 Å². The molecule has 0 aliphatic heterocycles. The van der Waals surface area contributed by atoms with Crippen LogP contribution in [0.1, 0.15) is 11.4 Å². The van der Waals surface area contributed by atoms with Crippen molar-refractivity contribution in [3.63, 3.8) is 0 Å². The average Bonchev–Trinajstić information content (AvgIpc) is 2.81. The van der Waals surface area contributed by atoms with E-state index in [4.69, 9.17) is 12.2 Å². The van der Waals surface area contributed by atoms with Crippen molar-refractivity contribution in [2.75, 3.05) is 0 Å². The Bertz CT molecular complexity index is 731. The van der Waals surface area contributed by atoms with Crippen molar-refractivity contribution >= 4 is 33.9 Å². The van der Waals surface area contributed by atoms with E-state index in [1.807, 2.05) is 0 Å². The molecule has 0 saturated carbocycles. The third-order valence-electron chi connectivity index (χ3n) is 2.63. The molecular weight excluding hydrogens is 252 g/mol. The van der Waals surface area contributed by atoms with Crippen LogP contribution in [0.4, 0.5) is 0 Å². The number of aromatic nitrogens is 4. The summed E-state index contributed by atoms with van der Waals surface area (Å²) in [5, 5.41) is 0.943. The van der Waals surface area contributed by atoms with Crippen LogP contribution in [-0.2, 0) is 0 Å². The second-order valence-electron chi connectivity index (χ2n) is 3.85. The monoisotopic (exact) mass is 262 g/mol. The van der Waals surface area contributed by atoms with Gasteiger partial charge in [0.15, 0.2) is 9.90 Å². The van der Waals surface area contributed by atoms with E-state index in [9.17, 15) is 0 Å². The maximum Gasteiger partial charge on any atom is 0.197 e. The minimum atomic E-state index is 0.494. The van der Waals surface area contributed by atoms with E-state index in [1.165, 1.54) is 11.4 Å². The molecule has 1 N–H and O–H groups in total. The van der Waals surface area contributed by atoms with Crippen LogP contribution in [-0.4, -0.2) is 19.5 Å². The Hall–Kier alpha value is -1.53. The lowest BCUT2D eigenvalue weighted by molar-refractivity contribution is 0.954. The molecule has 0 spiro atoms. The van der Waals surface area contributed by atoms with Crippen molar-refractivity contribution < 1.29 is 0 Å². The molecular formula is C11H10N4S2. The number of hydrogen-bond acceptors (Lipinski definition) is 4. The van der Waals surface area contributed by atoms with Gasteiger partial charge in [0.25, 0.3) is 0 Å². The van der Waals surface area contributed by atoms with Crippen LogP contribution in [0, 0.1) is 18.6 Å². The molecule has 17 heavy (non-hydrogen) atoms. The third kappa shape index (κ3) is 1.69. The fourth-order valence-corrected chi connectivity index (χ4v) is 3.09. The van der Waals surface area contributed by atoms with Gasteiger partial charge < -0.3 is 4.98 Å². The summed E-state index contributed by atoms with van der Waals surface area (Å²) in [5.74, 6) is 0. The molecule has 0 radical (unpaired) electrons. The molecule has 0 aliphatic carbocycles. The van der Waals surface area contributed by atoms with Crippen molar-refractivity contribution in [3.05, 3.63) is 34.5 Å². The average molecular weight is 262 g/mol. The van der Waals surface area contributed by atoms with Gasteiger partial charge in [0.1, 0.15) is 10.3 Å². The number of aromatic amines is 1. The van der Waals surface area contributed by atoms with Crippen LogP contribution in [0.25, 0.3) is 15.5 Å². The van der Waals surface area contributed by atoms with Crippen LogP contribution in [0.3, 0.4) is 0 Å². The smallest absolute Gasteiger partial charge is 0.197 e. The Morgan fingerprint density at radius 1 is 1.29 bits per heavy atom. The molecule has 0 bridgehead atoms. The van der Waals surface area contributed by atoms with Crippen molar-refractivity contribution in [1.29, 1.82) is 0 Å². The molecule has 3 rings (SSSR count). The number of aryl methyl sites for hydroxylation is 2. The molecule has 0 saturated heterocycles. The van der Waals surface area contributed by atoms with Gasteiger partial charge in [-0.3, -0.25) is 4.57 Å². The number of nitrogens with one attached hydrogen (secondary N) is 1. The summed E-state index contributed by atoms with van der Waals surface area (Å²) in [6, 6.07) is 4.17. The van der Waals surface area contributed by atoms with Gasteiger partial charge in [0.05, 0.1) is 6.20 Å². The first-order chi connectivity index (χ1) is 8.15. The summed E-state index contributed by atoms with van der Waals surface area (Å²) < 4.78 is 2.62. The van der Waals surface area contributed by atoms with E-state index in [-0.39, 0.29) is 0 Å². The van der Waals surface area contributed by atoms with E-state index < -0.39 is 0 Å². The molecule has 0 aromatic carbocycles. The second-order valence-corrected chi connectivity index (χ2v) is 5.21. The van der Waals surface area contributed by atoms with Gasteiger partial charge in [-0.2, -0.15) is 0 Å². The van der Waals surface area contributed by atoms with E-state index >= 15 is 0 Å². The quantitative estimate of drug-likeness (QED) is 0.685. The van der Waals surface area contributed by atoms with Crippen LogP contribution >= 0.6 is 23.6 Å². The zero-order valence-electron chi connectivity index (χ0n) is 9.39. The van der Waals surface area contributed by atoms with Gasteiger partial charge in [-0.25, -0.2) is 9.97 Å². The van der Waals surface area contributed by atoms with Crippen LogP contribution in [0.5, 0.6) is 0 Å². The van der Waals surface area contributed by atoms with Gasteiger partial charge in [0.2, 0.25) is 0 Å². The lowest BCUT2D eigenvalue weighted by Crippen LogP contribution is -1.97. The highest BCUT2D eigenvalue weighted by molar-refractivity contribution is 7.71. The number of fused-ring (bicyclic) bond motifs is 1. The SMILES string of the molecule is Cc1ccc(C)n1-c1nc2cnc(=S)[nH]c2s1. The number of nitrogens with zero attached hydrogens (tertiary/aromatic N) is 3. The topological polar surface area (TPSA) is 46.5 Å². The highest BCUT2D eigenvalue weighted by Gasteiger charge is 2.09. The minimum absolute atomic E-state index is 0.494. The zero-order chi connectivity index (χ0) is 12.0. The van der Waals surface area contributed by atoms with Crippen molar-refractivity contribution in [3.8, 4) is 5.13 Å². The van der Waals surface area contributed by atoms with Crippen molar-refractivity contribution in [2.45, 2.75) is 13.8 Å². The Labute approximate surface area is 107 Å². The van der Waals surface area contributed by atoms with E-state index in [1.54, 1.807) is 17.5 Å². The summed E-state index contributed by atoms with van der Waals surface area (Å²) in [5.41, 5.74) is 3.20.